The number of hydrogen-bond acceptors (Lipinski definition) is 4. The van der Waals surface area contributed by atoms with Crippen molar-refractivity contribution >= 4 is 19.7 Å². The first-order valence-electron chi connectivity index (χ1n) is 4.21. The topological polar surface area (TPSA) is 59.9 Å². The number of aryl methyl sites for hydroxylation is 2. The van der Waals surface area contributed by atoms with Gasteiger partial charge in [0.05, 0.1) is 11.4 Å². The van der Waals surface area contributed by atoms with Crippen molar-refractivity contribution in [2.24, 2.45) is 0 Å². The van der Waals surface area contributed by atoms with Gasteiger partial charge in [-0.25, -0.2) is 18.4 Å². The largest absolute Gasteiger partial charge is 0.303 e. The van der Waals surface area contributed by atoms with E-state index in [2.05, 4.69) is 9.97 Å². The molecule has 0 bridgehead atoms. The van der Waals surface area contributed by atoms with E-state index in [9.17, 15) is 17.2 Å². The zero-order valence-corrected chi connectivity index (χ0v) is 10.3. The molecule has 0 radical (unpaired) electrons. The van der Waals surface area contributed by atoms with E-state index in [0.717, 1.165) is 0 Å². The Morgan fingerprint density at radius 2 is 1.56 bits per heavy atom. The van der Waals surface area contributed by atoms with E-state index in [1.165, 1.54) is 13.8 Å². The molecular weight excluding hydrogens is 262 g/mol. The molecule has 0 aliphatic heterocycles. The maximum Gasteiger partial charge on any atom is 0.303 e. The summed E-state index contributed by atoms with van der Waals surface area (Å²) in [7, 11) is 1.12. The molecule has 90 valence electrons. The SMILES string of the molecule is Cc1nc(C(C)(F)F)nc(C)c1S(=O)(=O)Cl. The minimum atomic E-state index is -4.02. The number of hydrogen-bond donors (Lipinski definition) is 0. The first-order valence-corrected chi connectivity index (χ1v) is 6.52. The summed E-state index contributed by atoms with van der Waals surface area (Å²) in [5.74, 6) is -3.93. The van der Waals surface area contributed by atoms with E-state index in [4.69, 9.17) is 10.7 Å². The lowest BCUT2D eigenvalue weighted by molar-refractivity contribution is 0.00713. The molecule has 0 spiro atoms. The molecular formula is C8H9ClF2N2O2S. The van der Waals surface area contributed by atoms with E-state index in [1.54, 1.807) is 0 Å². The number of halogens is 3. The van der Waals surface area contributed by atoms with Crippen molar-refractivity contribution in [3.8, 4) is 0 Å². The van der Waals surface area contributed by atoms with Gasteiger partial charge in [-0.3, -0.25) is 0 Å². The Bertz CT molecular complexity index is 502. The Labute approximate surface area is 96.1 Å². The van der Waals surface area contributed by atoms with Crippen LogP contribution in [0, 0.1) is 13.8 Å². The van der Waals surface area contributed by atoms with Crippen molar-refractivity contribution in [3.63, 3.8) is 0 Å². The molecule has 0 unspecified atom stereocenters. The van der Waals surface area contributed by atoms with Crippen LogP contribution in [0.15, 0.2) is 4.90 Å². The van der Waals surface area contributed by atoms with Gasteiger partial charge in [0.25, 0.3) is 9.05 Å². The zero-order chi connectivity index (χ0) is 12.7. The molecule has 0 aromatic carbocycles. The summed E-state index contributed by atoms with van der Waals surface area (Å²) in [4.78, 5) is 6.58. The third kappa shape index (κ3) is 2.65. The summed E-state index contributed by atoms with van der Waals surface area (Å²) < 4.78 is 48.1. The molecule has 0 fully saturated rings. The summed E-state index contributed by atoms with van der Waals surface area (Å²) in [6.45, 7) is 3.22. The highest BCUT2D eigenvalue weighted by Gasteiger charge is 2.31. The predicted molar refractivity (Wildman–Crippen MR) is 54.1 cm³/mol. The fraction of sp³-hybridized carbons (Fsp3) is 0.500. The van der Waals surface area contributed by atoms with Gasteiger partial charge < -0.3 is 0 Å². The normalized spacial score (nSPS) is 12.9. The van der Waals surface area contributed by atoms with E-state index < -0.39 is 20.8 Å². The Hall–Kier alpha value is -0.820. The molecule has 0 amide bonds. The smallest absolute Gasteiger partial charge is 0.231 e. The van der Waals surface area contributed by atoms with E-state index >= 15 is 0 Å². The van der Waals surface area contributed by atoms with Crippen LogP contribution in [0.5, 0.6) is 0 Å². The summed E-state index contributed by atoms with van der Waals surface area (Å²) in [5.41, 5.74) is -0.168. The first-order chi connectivity index (χ1) is 7.03. The minimum Gasteiger partial charge on any atom is -0.231 e. The monoisotopic (exact) mass is 270 g/mol. The summed E-state index contributed by atoms with van der Waals surface area (Å²) in [6, 6.07) is 0. The molecule has 1 rings (SSSR count). The van der Waals surface area contributed by atoms with Crippen molar-refractivity contribution in [2.45, 2.75) is 31.6 Å². The summed E-state index contributed by atoms with van der Waals surface area (Å²) in [5, 5.41) is 0. The van der Waals surface area contributed by atoms with Crippen molar-refractivity contribution in [1.82, 2.24) is 9.97 Å². The summed E-state index contributed by atoms with van der Waals surface area (Å²) >= 11 is 0. The molecule has 0 atom stereocenters. The van der Waals surface area contributed by atoms with Gasteiger partial charge in [0.1, 0.15) is 4.90 Å². The second-order valence-corrected chi connectivity index (χ2v) is 5.88. The maximum absolute atomic E-state index is 12.9. The third-order valence-electron chi connectivity index (χ3n) is 1.84. The van der Waals surface area contributed by atoms with Crippen LogP contribution in [0.1, 0.15) is 24.1 Å². The van der Waals surface area contributed by atoms with Gasteiger partial charge in [0, 0.05) is 17.6 Å². The molecule has 1 aromatic heterocycles. The lowest BCUT2D eigenvalue weighted by Gasteiger charge is -2.12. The van der Waals surface area contributed by atoms with Crippen molar-refractivity contribution in [2.75, 3.05) is 0 Å². The molecule has 0 saturated carbocycles. The van der Waals surface area contributed by atoms with Gasteiger partial charge in [-0.15, -0.1) is 0 Å². The average molecular weight is 271 g/mol. The molecule has 16 heavy (non-hydrogen) atoms. The molecule has 0 N–H and O–H groups in total. The van der Waals surface area contributed by atoms with E-state index in [-0.39, 0.29) is 16.3 Å². The molecule has 0 aliphatic carbocycles. The van der Waals surface area contributed by atoms with Gasteiger partial charge in [-0.1, -0.05) is 0 Å². The highest BCUT2D eigenvalue weighted by Crippen LogP contribution is 2.27. The van der Waals surface area contributed by atoms with Gasteiger partial charge in [-0.05, 0) is 13.8 Å². The standard InChI is InChI=1S/C8H9ClF2N2O2S/c1-4-6(16(9,14)15)5(2)13-7(12-4)8(3,10)11/h1-3H3. The second-order valence-electron chi connectivity index (χ2n) is 3.37. The van der Waals surface area contributed by atoms with Crippen molar-refractivity contribution < 1.29 is 17.2 Å². The van der Waals surface area contributed by atoms with Gasteiger partial charge in [-0.2, -0.15) is 8.78 Å². The van der Waals surface area contributed by atoms with Gasteiger partial charge >= 0.3 is 5.92 Å². The molecule has 1 heterocycles. The van der Waals surface area contributed by atoms with Crippen molar-refractivity contribution in [3.05, 3.63) is 17.2 Å². The quantitative estimate of drug-likeness (QED) is 0.773. The van der Waals surface area contributed by atoms with Crippen LogP contribution in [0.25, 0.3) is 0 Å². The highest BCUT2D eigenvalue weighted by molar-refractivity contribution is 8.13. The number of nitrogens with zero attached hydrogens (tertiary/aromatic N) is 2. The van der Waals surface area contributed by atoms with Crippen molar-refractivity contribution in [1.29, 1.82) is 0 Å². The van der Waals surface area contributed by atoms with E-state index in [1.807, 2.05) is 0 Å². The molecule has 0 saturated heterocycles. The van der Waals surface area contributed by atoms with Crippen LogP contribution in [0.3, 0.4) is 0 Å². The van der Waals surface area contributed by atoms with Gasteiger partial charge in [0.2, 0.25) is 0 Å². The van der Waals surface area contributed by atoms with E-state index in [0.29, 0.717) is 6.92 Å². The van der Waals surface area contributed by atoms with Crippen LogP contribution >= 0.6 is 10.7 Å². The van der Waals surface area contributed by atoms with Crippen LogP contribution in [0.4, 0.5) is 8.78 Å². The average Bonchev–Trinajstić information content (AvgIpc) is 1.97. The highest BCUT2D eigenvalue weighted by atomic mass is 35.7. The fourth-order valence-electron chi connectivity index (χ4n) is 1.26. The zero-order valence-electron chi connectivity index (χ0n) is 8.75. The molecule has 0 aliphatic rings. The third-order valence-corrected chi connectivity index (χ3v) is 3.38. The number of rotatable bonds is 2. The summed E-state index contributed by atoms with van der Waals surface area (Å²) in [6.07, 6.45) is 0. The number of aromatic nitrogens is 2. The Morgan fingerprint density at radius 1 is 1.19 bits per heavy atom. The predicted octanol–water partition coefficient (Wildman–Crippen LogP) is 2.13. The second kappa shape index (κ2) is 3.89. The number of alkyl halides is 2. The Morgan fingerprint density at radius 3 is 1.81 bits per heavy atom. The lowest BCUT2D eigenvalue weighted by atomic mass is 10.3. The molecule has 1 aromatic rings. The van der Waals surface area contributed by atoms with Gasteiger partial charge in [0.15, 0.2) is 5.82 Å². The molecule has 8 heteroatoms. The van der Waals surface area contributed by atoms with Crippen LogP contribution in [-0.2, 0) is 15.0 Å². The van der Waals surface area contributed by atoms with Crippen LogP contribution in [-0.4, -0.2) is 18.4 Å². The lowest BCUT2D eigenvalue weighted by Crippen LogP contribution is -2.16. The Kier molecular flexibility index (Phi) is 3.22. The first kappa shape index (κ1) is 13.2. The minimum absolute atomic E-state index is 0.0842. The van der Waals surface area contributed by atoms with Crippen LogP contribution in [0.2, 0.25) is 0 Å². The molecule has 4 nitrogen and oxygen atoms in total. The fourth-order valence-corrected chi connectivity index (χ4v) is 2.72. The van der Waals surface area contributed by atoms with Crippen LogP contribution < -0.4 is 0 Å². The maximum atomic E-state index is 12.9. The Balaban J connectivity index is 3.53.